The maximum Gasteiger partial charge on any atom is 0.125 e. The first-order valence-corrected chi connectivity index (χ1v) is 6.88. The van der Waals surface area contributed by atoms with Gasteiger partial charge in [-0.25, -0.2) is 4.39 Å². The molecule has 1 heterocycles. The van der Waals surface area contributed by atoms with E-state index in [9.17, 15) is 4.39 Å². The number of amidine groups is 1. The minimum Gasteiger partial charge on any atom is -0.384 e. The molecule has 4 heteroatoms. The second kappa shape index (κ2) is 5.59. The van der Waals surface area contributed by atoms with Gasteiger partial charge in [-0.1, -0.05) is 13.8 Å². The van der Waals surface area contributed by atoms with E-state index >= 15 is 0 Å². The highest BCUT2D eigenvalue weighted by atomic mass is 19.1. The van der Waals surface area contributed by atoms with Crippen molar-refractivity contribution in [3.63, 3.8) is 0 Å². The SMILES string of the molecule is CC(C)C1CCN(c2ccc(F)cc2C(=N)N)CC1. The van der Waals surface area contributed by atoms with Crippen LogP contribution in [-0.4, -0.2) is 18.9 Å². The zero-order valence-corrected chi connectivity index (χ0v) is 11.6. The number of benzene rings is 1. The third kappa shape index (κ3) is 3.06. The number of nitrogen functional groups attached to an aromatic ring is 1. The Hall–Kier alpha value is -1.58. The molecular weight excluding hydrogens is 241 g/mol. The highest BCUT2D eigenvalue weighted by Gasteiger charge is 2.23. The number of hydrogen-bond donors (Lipinski definition) is 2. The van der Waals surface area contributed by atoms with Gasteiger partial charge in [0.15, 0.2) is 0 Å². The fourth-order valence-corrected chi connectivity index (χ4v) is 2.81. The Bertz CT molecular complexity index is 462. The number of anilines is 1. The number of nitrogens with zero attached hydrogens (tertiary/aromatic N) is 1. The van der Waals surface area contributed by atoms with Crippen LogP contribution in [0.2, 0.25) is 0 Å². The highest BCUT2D eigenvalue weighted by molar-refractivity contribution is 6.00. The summed E-state index contributed by atoms with van der Waals surface area (Å²) in [7, 11) is 0. The maximum absolute atomic E-state index is 13.3. The van der Waals surface area contributed by atoms with Gasteiger partial charge in [0.2, 0.25) is 0 Å². The van der Waals surface area contributed by atoms with E-state index in [-0.39, 0.29) is 11.7 Å². The lowest BCUT2D eigenvalue weighted by Crippen LogP contribution is -2.36. The molecule has 3 nitrogen and oxygen atoms in total. The summed E-state index contributed by atoms with van der Waals surface area (Å²) in [6.45, 7) is 6.43. The first kappa shape index (κ1) is 13.8. The molecule has 3 N–H and O–H groups in total. The first-order chi connectivity index (χ1) is 8.99. The molecule has 0 unspecified atom stereocenters. The van der Waals surface area contributed by atoms with E-state index in [0.717, 1.165) is 37.5 Å². The molecule has 0 aromatic heterocycles. The van der Waals surface area contributed by atoms with Crippen LogP contribution in [0.1, 0.15) is 32.3 Å². The topological polar surface area (TPSA) is 53.1 Å². The molecule has 0 radical (unpaired) electrons. The molecule has 0 atom stereocenters. The molecule has 1 aliphatic heterocycles. The minimum absolute atomic E-state index is 0.0690. The van der Waals surface area contributed by atoms with Crippen LogP contribution in [0.4, 0.5) is 10.1 Å². The van der Waals surface area contributed by atoms with E-state index < -0.39 is 0 Å². The second-order valence-corrected chi connectivity index (χ2v) is 5.64. The van der Waals surface area contributed by atoms with Crippen molar-refractivity contribution in [1.82, 2.24) is 0 Å². The fraction of sp³-hybridized carbons (Fsp3) is 0.533. The molecular formula is C15H22FN3. The van der Waals surface area contributed by atoms with Crippen molar-refractivity contribution in [2.24, 2.45) is 17.6 Å². The molecule has 0 bridgehead atoms. The molecule has 2 rings (SSSR count). The van der Waals surface area contributed by atoms with Gasteiger partial charge in [-0.3, -0.25) is 5.41 Å². The molecule has 0 aliphatic carbocycles. The minimum atomic E-state index is -0.342. The molecule has 1 aromatic rings. The third-order valence-corrected chi connectivity index (χ3v) is 4.07. The average Bonchev–Trinajstić information content (AvgIpc) is 2.38. The quantitative estimate of drug-likeness (QED) is 0.650. The molecule has 1 aliphatic rings. The van der Waals surface area contributed by atoms with Crippen LogP contribution in [0.15, 0.2) is 18.2 Å². The van der Waals surface area contributed by atoms with Gasteiger partial charge in [0.25, 0.3) is 0 Å². The Morgan fingerprint density at radius 2 is 2.00 bits per heavy atom. The standard InChI is InChI=1S/C15H22FN3/c1-10(2)11-5-7-19(8-6-11)14-4-3-12(16)9-13(14)15(17)18/h3-4,9-11H,5-8H2,1-2H3,(H3,17,18). The van der Waals surface area contributed by atoms with Gasteiger partial charge in [0, 0.05) is 24.3 Å². The van der Waals surface area contributed by atoms with Gasteiger partial charge in [0.05, 0.1) is 0 Å². The summed E-state index contributed by atoms with van der Waals surface area (Å²) >= 11 is 0. The van der Waals surface area contributed by atoms with Gasteiger partial charge in [-0.2, -0.15) is 0 Å². The van der Waals surface area contributed by atoms with Crippen molar-refractivity contribution >= 4 is 11.5 Å². The van der Waals surface area contributed by atoms with Gasteiger partial charge >= 0.3 is 0 Å². The molecule has 104 valence electrons. The van der Waals surface area contributed by atoms with Crippen molar-refractivity contribution in [3.8, 4) is 0 Å². The third-order valence-electron chi connectivity index (χ3n) is 4.07. The van der Waals surface area contributed by atoms with Crippen LogP contribution in [0.25, 0.3) is 0 Å². The summed E-state index contributed by atoms with van der Waals surface area (Å²) in [6, 6.07) is 4.53. The number of rotatable bonds is 3. The van der Waals surface area contributed by atoms with E-state index in [2.05, 4.69) is 18.7 Å². The molecule has 1 saturated heterocycles. The average molecular weight is 263 g/mol. The Morgan fingerprint density at radius 1 is 1.37 bits per heavy atom. The first-order valence-electron chi connectivity index (χ1n) is 6.88. The normalized spacial score (nSPS) is 16.9. The maximum atomic E-state index is 13.3. The molecule has 19 heavy (non-hydrogen) atoms. The zero-order valence-electron chi connectivity index (χ0n) is 11.6. The van der Waals surface area contributed by atoms with Crippen LogP contribution in [0.5, 0.6) is 0 Å². The van der Waals surface area contributed by atoms with E-state index in [1.54, 1.807) is 6.07 Å². The van der Waals surface area contributed by atoms with Crippen molar-refractivity contribution in [1.29, 1.82) is 5.41 Å². The van der Waals surface area contributed by atoms with E-state index in [1.165, 1.54) is 12.1 Å². The lowest BCUT2D eigenvalue weighted by molar-refractivity contribution is 0.311. The van der Waals surface area contributed by atoms with Gasteiger partial charge in [-0.05, 0) is 42.9 Å². The predicted octanol–water partition coefficient (Wildman–Crippen LogP) is 2.98. The largest absolute Gasteiger partial charge is 0.384 e. The summed E-state index contributed by atoms with van der Waals surface area (Å²) in [5.74, 6) is 1.06. The second-order valence-electron chi connectivity index (χ2n) is 5.64. The van der Waals surface area contributed by atoms with Gasteiger partial charge < -0.3 is 10.6 Å². The van der Waals surface area contributed by atoms with Crippen molar-refractivity contribution in [2.45, 2.75) is 26.7 Å². The van der Waals surface area contributed by atoms with E-state index in [1.807, 2.05) is 0 Å². The summed E-state index contributed by atoms with van der Waals surface area (Å²) in [6.07, 6.45) is 2.29. The molecule has 0 amide bonds. The lowest BCUT2D eigenvalue weighted by atomic mass is 9.86. The van der Waals surface area contributed by atoms with E-state index in [4.69, 9.17) is 11.1 Å². The summed E-state index contributed by atoms with van der Waals surface area (Å²) in [5, 5.41) is 7.58. The molecule has 0 spiro atoms. The molecule has 1 aromatic carbocycles. The highest BCUT2D eigenvalue weighted by Crippen LogP contribution is 2.29. The van der Waals surface area contributed by atoms with Crippen molar-refractivity contribution < 1.29 is 4.39 Å². The van der Waals surface area contributed by atoms with Crippen LogP contribution in [0, 0.1) is 23.1 Å². The zero-order chi connectivity index (χ0) is 14.0. The van der Waals surface area contributed by atoms with Crippen LogP contribution in [-0.2, 0) is 0 Å². The fourth-order valence-electron chi connectivity index (χ4n) is 2.81. The summed E-state index contributed by atoms with van der Waals surface area (Å²) in [5.41, 5.74) is 6.94. The van der Waals surface area contributed by atoms with Crippen molar-refractivity contribution in [3.05, 3.63) is 29.6 Å². The van der Waals surface area contributed by atoms with E-state index in [0.29, 0.717) is 11.5 Å². The number of halogens is 1. The van der Waals surface area contributed by atoms with Gasteiger partial charge in [0.1, 0.15) is 11.7 Å². The van der Waals surface area contributed by atoms with Crippen LogP contribution < -0.4 is 10.6 Å². The summed E-state index contributed by atoms with van der Waals surface area (Å²) in [4.78, 5) is 2.22. The Morgan fingerprint density at radius 3 is 2.53 bits per heavy atom. The number of piperidine rings is 1. The van der Waals surface area contributed by atoms with Gasteiger partial charge in [-0.15, -0.1) is 0 Å². The number of nitrogens with one attached hydrogen (secondary N) is 1. The van der Waals surface area contributed by atoms with Crippen molar-refractivity contribution in [2.75, 3.05) is 18.0 Å². The predicted molar refractivity (Wildman–Crippen MR) is 77.2 cm³/mol. The van der Waals surface area contributed by atoms with Crippen LogP contribution >= 0.6 is 0 Å². The molecule has 0 saturated carbocycles. The Balaban J connectivity index is 2.17. The van der Waals surface area contributed by atoms with Crippen LogP contribution in [0.3, 0.4) is 0 Å². The molecule has 1 fully saturated rings. The number of nitrogens with two attached hydrogens (primary N) is 1. The Labute approximate surface area is 114 Å². The smallest absolute Gasteiger partial charge is 0.125 e. The lowest BCUT2D eigenvalue weighted by Gasteiger charge is -2.36. The number of hydrogen-bond acceptors (Lipinski definition) is 2. The summed E-state index contributed by atoms with van der Waals surface area (Å²) < 4.78 is 13.3. The monoisotopic (exact) mass is 263 g/mol. The Kier molecular flexibility index (Phi) is 4.08.